The average molecular weight is 283 g/mol. The molecule has 3 heteroatoms. The maximum Gasteiger partial charge on any atom is 0.307 e. The first-order valence-electron chi connectivity index (χ1n) is 7.35. The number of hydrogen-bond donors (Lipinski definition) is 1. The minimum absolute atomic E-state index is 0.0146. The normalized spacial score (nSPS) is 20.0. The van der Waals surface area contributed by atoms with Gasteiger partial charge in [0, 0.05) is 11.6 Å². The van der Waals surface area contributed by atoms with Gasteiger partial charge in [-0.15, -0.1) is 0 Å². The molecule has 0 amide bonds. The quantitative estimate of drug-likeness (QED) is 0.859. The van der Waals surface area contributed by atoms with E-state index in [0.29, 0.717) is 6.42 Å². The number of rotatable bonds is 2. The van der Waals surface area contributed by atoms with Crippen LogP contribution in [0.5, 0.6) is 0 Å². The van der Waals surface area contributed by atoms with Crippen LogP contribution < -0.4 is 5.32 Å². The summed E-state index contributed by atoms with van der Waals surface area (Å²) in [7, 11) is 1.44. The molecule has 3 rings (SSSR count). The van der Waals surface area contributed by atoms with E-state index in [1.807, 2.05) is 0 Å². The molecule has 2 aromatic carbocycles. The number of carbonyl (C=O) groups is 1. The fraction of sp³-hybridized carbons (Fsp3) is 0.389. The SMILES string of the molecule is COC(=O)CC1NC(C)(C)Cc2c1ccc1ccccc21. The predicted octanol–water partition coefficient (Wildman–Crippen LogP) is 3.37. The van der Waals surface area contributed by atoms with E-state index in [9.17, 15) is 4.79 Å². The molecule has 0 saturated heterocycles. The third kappa shape index (κ3) is 2.66. The summed E-state index contributed by atoms with van der Waals surface area (Å²) in [6.45, 7) is 4.37. The molecule has 1 unspecified atom stereocenters. The zero-order chi connectivity index (χ0) is 15.0. The van der Waals surface area contributed by atoms with E-state index in [1.165, 1.54) is 29.0 Å². The van der Waals surface area contributed by atoms with Crippen molar-refractivity contribution in [2.75, 3.05) is 7.11 Å². The number of nitrogens with one attached hydrogen (secondary N) is 1. The molecule has 0 radical (unpaired) electrons. The second kappa shape index (κ2) is 5.15. The van der Waals surface area contributed by atoms with Gasteiger partial charge in [-0.3, -0.25) is 4.79 Å². The van der Waals surface area contributed by atoms with Crippen LogP contribution in [0.15, 0.2) is 36.4 Å². The molecule has 1 aliphatic rings. The van der Waals surface area contributed by atoms with E-state index < -0.39 is 0 Å². The third-order valence-corrected chi connectivity index (χ3v) is 4.23. The van der Waals surface area contributed by atoms with Crippen molar-refractivity contribution in [2.24, 2.45) is 0 Å². The predicted molar refractivity (Wildman–Crippen MR) is 84.2 cm³/mol. The van der Waals surface area contributed by atoms with E-state index in [1.54, 1.807) is 0 Å². The molecular formula is C18H21NO2. The molecule has 0 spiro atoms. The van der Waals surface area contributed by atoms with Gasteiger partial charge in [-0.25, -0.2) is 0 Å². The van der Waals surface area contributed by atoms with Crippen LogP contribution in [0.25, 0.3) is 10.8 Å². The Kier molecular flexibility index (Phi) is 3.46. The molecule has 0 aromatic heterocycles. The Morgan fingerprint density at radius 2 is 2.05 bits per heavy atom. The Morgan fingerprint density at radius 3 is 2.81 bits per heavy atom. The molecule has 1 aliphatic heterocycles. The summed E-state index contributed by atoms with van der Waals surface area (Å²) in [4.78, 5) is 11.7. The molecule has 1 N–H and O–H groups in total. The summed E-state index contributed by atoms with van der Waals surface area (Å²) in [5.74, 6) is -0.177. The average Bonchev–Trinajstić information content (AvgIpc) is 2.46. The monoisotopic (exact) mass is 283 g/mol. The number of benzene rings is 2. The van der Waals surface area contributed by atoms with Gasteiger partial charge in [-0.05, 0) is 42.2 Å². The van der Waals surface area contributed by atoms with Gasteiger partial charge in [0.05, 0.1) is 13.5 Å². The van der Waals surface area contributed by atoms with Crippen molar-refractivity contribution in [3.63, 3.8) is 0 Å². The molecule has 110 valence electrons. The molecule has 2 aromatic rings. The summed E-state index contributed by atoms with van der Waals surface area (Å²) < 4.78 is 4.84. The van der Waals surface area contributed by atoms with Crippen LogP contribution in [-0.4, -0.2) is 18.6 Å². The highest BCUT2D eigenvalue weighted by atomic mass is 16.5. The first kappa shape index (κ1) is 14.1. The second-order valence-electron chi connectivity index (χ2n) is 6.39. The van der Waals surface area contributed by atoms with Crippen LogP contribution >= 0.6 is 0 Å². The molecule has 0 aliphatic carbocycles. The Labute approximate surface area is 125 Å². The van der Waals surface area contributed by atoms with Gasteiger partial charge in [0.15, 0.2) is 0 Å². The van der Waals surface area contributed by atoms with E-state index in [4.69, 9.17) is 4.74 Å². The topological polar surface area (TPSA) is 38.3 Å². The summed E-state index contributed by atoms with van der Waals surface area (Å²) >= 11 is 0. The van der Waals surface area contributed by atoms with E-state index in [0.717, 1.165) is 6.42 Å². The Balaban J connectivity index is 2.12. The van der Waals surface area contributed by atoms with Gasteiger partial charge in [0.2, 0.25) is 0 Å². The largest absolute Gasteiger partial charge is 0.469 e. The number of fused-ring (bicyclic) bond motifs is 3. The molecule has 0 saturated carbocycles. The van der Waals surface area contributed by atoms with Crippen LogP contribution in [0, 0.1) is 0 Å². The number of ether oxygens (including phenoxy) is 1. The maximum atomic E-state index is 11.7. The fourth-order valence-corrected chi connectivity index (χ4v) is 3.33. The molecule has 1 heterocycles. The zero-order valence-corrected chi connectivity index (χ0v) is 12.8. The van der Waals surface area contributed by atoms with Gasteiger partial charge >= 0.3 is 5.97 Å². The maximum absolute atomic E-state index is 11.7. The lowest BCUT2D eigenvalue weighted by atomic mass is 9.80. The zero-order valence-electron chi connectivity index (χ0n) is 12.8. The van der Waals surface area contributed by atoms with E-state index >= 15 is 0 Å². The van der Waals surface area contributed by atoms with Crippen molar-refractivity contribution in [3.05, 3.63) is 47.5 Å². The van der Waals surface area contributed by atoms with Crippen molar-refractivity contribution in [2.45, 2.75) is 38.3 Å². The molecular weight excluding hydrogens is 262 g/mol. The van der Waals surface area contributed by atoms with Gasteiger partial charge in [0.1, 0.15) is 0 Å². The van der Waals surface area contributed by atoms with E-state index in [-0.39, 0.29) is 17.6 Å². The van der Waals surface area contributed by atoms with Crippen LogP contribution in [0.1, 0.15) is 37.4 Å². The number of hydrogen-bond acceptors (Lipinski definition) is 3. The summed E-state index contributed by atoms with van der Waals surface area (Å²) in [5, 5.41) is 6.12. The standard InChI is InChI=1S/C18H21NO2/c1-18(2)11-15-13-7-5-4-6-12(13)8-9-14(15)16(19-18)10-17(20)21-3/h4-9,16,19H,10-11H2,1-3H3. The highest BCUT2D eigenvalue weighted by Crippen LogP contribution is 2.36. The fourth-order valence-electron chi connectivity index (χ4n) is 3.33. The first-order valence-corrected chi connectivity index (χ1v) is 7.35. The van der Waals surface area contributed by atoms with E-state index in [2.05, 4.69) is 55.6 Å². The summed E-state index contributed by atoms with van der Waals surface area (Å²) in [6, 6.07) is 12.7. The summed E-state index contributed by atoms with van der Waals surface area (Å²) in [6.07, 6.45) is 1.33. The van der Waals surface area contributed by atoms with Crippen molar-refractivity contribution in [1.29, 1.82) is 0 Å². The number of esters is 1. The van der Waals surface area contributed by atoms with Crippen LogP contribution in [0.3, 0.4) is 0 Å². The number of methoxy groups -OCH3 is 1. The van der Waals surface area contributed by atoms with Crippen molar-refractivity contribution in [3.8, 4) is 0 Å². The van der Waals surface area contributed by atoms with Crippen LogP contribution in [0.4, 0.5) is 0 Å². The number of carbonyl (C=O) groups excluding carboxylic acids is 1. The first-order chi connectivity index (χ1) is 10.00. The molecule has 1 atom stereocenters. The third-order valence-electron chi connectivity index (χ3n) is 4.23. The molecule has 21 heavy (non-hydrogen) atoms. The van der Waals surface area contributed by atoms with Crippen molar-refractivity contribution < 1.29 is 9.53 Å². The molecule has 3 nitrogen and oxygen atoms in total. The molecule has 0 bridgehead atoms. The molecule has 0 fully saturated rings. The highest BCUT2D eigenvalue weighted by molar-refractivity contribution is 5.87. The second-order valence-corrected chi connectivity index (χ2v) is 6.39. The Hall–Kier alpha value is -1.87. The Morgan fingerprint density at radius 1 is 1.29 bits per heavy atom. The lowest BCUT2D eigenvalue weighted by Gasteiger charge is -2.39. The smallest absolute Gasteiger partial charge is 0.307 e. The van der Waals surface area contributed by atoms with Crippen LogP contribution in [0.2, 0.25) is 0 Å². The van der Waals surface area contributed by atoms with Crippen molar-refractivity contribution >= 4 is 16.7 Å². The lowest BCUT2D eigenvalue weighted by molar-refractivity contribution is -0.141. The van der Waals surface area contributed by atoms with Gasteiger partial charge in [0.25, 0.3) is 0 Å². The Bertz CT molecular complexity index is 691. The summed E-state index contributed by atoms with van der Waals surface area (Å²) in [5.41, 5.74) is 2.54. The minimum atomic E-state index is -0.177. The van der Waals surface area contributed by atoms with Crippen LogP contribution in [-0.2, 0) is 16.0 Å². The lowest BCUT2D eigenvalue weighted by Crippen LogP contribution is -2.48. The van der Waals surface area contributed by atoms with Gasteiger partial charge in [-0.1, -0.05) is 36.4 Å². The van der Waals surface area contributed by atoms with Gasteiger partial charge < -0.3 is 10.1 Å². The minimum Gasteiger partial charge on any atom is -0.469 e. The highest BCUT2D eigenvalue weighted by Gasteiger charge is 2.33. The van der Waals surface area contributed by atoms with Crippen molar-refractivity contribution in [1.82, 2.24) is 5.32 Å². The van der Waals surface area contributed by atoms with Gasteiger partial charge in [-0.2, -0.15) is 0 Å².